The Balaban J connectivity index is 2.62. The Morgan fingerprint density at radius 1 is 1.41 bits per heavy atom. The van der Waals surface area contributed by atoms with Crippen molar-refractivity contribution in [3.63, 3.8) is 0 Å². The molecule has 0 aromatic heterocycles. The zero-order chi connectivity index (χ0) is 13.1. The molecule has 0 radical (unpaired) electrons. The Labute approximate surface area is 99.4 Å². The normalized spacial score (nSPS) is 21.6. The van der Waals surface area contributed by atoms with Crippen molar-refractivity contribution in [1.29, 1.82) is 0 Å². The second-order valence-electron chi connectivity index (χ2n) is 4.70. The number of hydrogen-bond donors (Lipinski definition) is 1. The van der Waals surface area contributed by atoms with Crippen molar-refractivity contribution in [1.82, 2.24) is 10.2 Å². The molecule has 0 saturated carbocycles. The van der Waals surface area contributed by atoms with Gasteiger partial charge in [-0.25, -0.2) is 0 Å². The highest BCUT2D eigenvalue weighted by Gasteiger charge is 2.43. The first-order chi connectivity index (χ1) is 7.82. The average Bonchev–Trinajstić information content (AvgIpc) is 2.24. The van der Waals surface area contributed by atoms with Gasteiger partial charge in [-0.05, 0) is 33.2 Å². The van der Waals surface area contributed by atoms with E-state index in [0.717, 1.165) is 30.7 Å². The van der Waals surface area contributed by atoms with E-state index < -0.39 is 18.1 Å². The molecule has 1 aliphatic rings. The van der Waals surface area contributed by atoms with Gasteiger partial charge in [-0.1, -0.05) is 6.42 Å². The smallest absolute Gasteiger partial charge is 0.331 e. The van der Waals surface area contributed by atoms with Crippen molar-refractivity contribution in [3.05, 3.63) is 0 Å². The van der Waals surface area contributed by atoms with Gasteiger partial charge in [-0.15, -0.1) is 0 Å². The first-order valence-electron chi connectivity index (χ1n) is 5.93. The van der Waals surface area contributed by atoms with Crippen LogP contribution in [-0.2, 0) is 4.79 Å². The predicted molar refractivity (Wildman–Crippen MR) is 58.5 cm³/mol. The Morgan fingerprint density at radius 2 is 2.06 bits per heavy atom. The van der Waals surface area contributed by atoms with Crippen molar-refractivity contribution in [2.24, 2.45) is 0 Å². The number of amides is 1. The summed E-state index contributed by atoms with van der Waals surface area (Å²) in [5, 5.41) is 3.15. The summed E-state index contributed by atoms with van der Waals surface area (Å²) < 4.78 is 37.2. The van der Waals surface area contributed by atoms with Crippen LogP contribution in [0.15, 0.2) is 0 Å². The molecule has 0 spiro atoms. The van der Waals surface area contributed by atoms with Gasteiger partial charge >= 0.3 is 12.1 Å². The van der Waals surface area contributed by atoms with Crippen molar-refractivity contribution in [2.75, 3.05) is 13.1 Å². The minimum atomic E-state index is -4.78. The van der Waals surface area contributed by atoms with Crippen molar-refractivity contribution < 1.29 is 18.0 Å². The summed E-state index contributed by atoms with van der Waals surface area (Å²) in [7, 11) is 0. The zero-order valence-corrected chi connectivity index (χ0v) is 10.2. The van der Waals surface area contributed by atoms with Crippen LogP contribution in [-0.4, -0.2) is 42.2 Å². The molecule has 1 unspecified atom stereocenters. The van der Waals surface area contributed by atoms with Crippen molar-refractivity contribution in [2.45, 2.75) is 51.4 Å². The third-order valence-electron chi connectivity index (χ3n) is 2.96. The van der Waals surface area contributed by atoms with Crippen LogP contribution in [0.3, 0.4) is 0 Å². The molecule has 1 amide bonds. The summed E-state index contributed by atoms with van der Waals surface area (Å²) in [5.41, 5.74) is 0. The second kappa shape index (κ2) is 5.71. The van der Waals surface area contributed by atoms with E-state index in [-0.39, 0.29) is 12.6 Å². The lowest BCUT2D eigenvalue weighted by Crippen LogP contribution is -2.52. The number of carbonyl (C=O) groups excluding carboxylic acids is 1. The summed E-state index contributed by atoms with van der Waals surface area (Å²) in [6, 6.07) is -0.453. The topological polar surface area (TPSA) is 32.3 Å². The molecule has 1 fully saturated rings. The SMILES string of the molecule is CC(C)N(CC1CCCCN1)C(=O)C(F)(F)F. The highest BCUT2D eigenvalue weighted by Crippen LogP contribution is 2.21. The van der Waals surface area contributed by atoms with Gasteiger partial charge in [0.25, 0.3) is 0 Å². The molecule has 1 N–H and O–H groups in total. The zero-order valence-electron chi connectivity index (χ0n) is 10.2. The standard InChI is InChI=1S/C11H19F3N2O/c1-8(2)16(10(17)11(12,13)14)7-9-5-3-4-6-15-9/h8-9,15H,3-7H2,1-2H3. The Bertz CT molecular complexity index is 260. The number of hydrogen-bond acceptors (Lipinski definition) is 2. The van der Waals surface area contributed by atoms with Crippen LogP contribution in [0.4, 0.5) is 13.2 Å². The maximum Gasteiger partial charge on any atom is 0.471 e. The van der Waals surface area contributed by atoms with Gasteiger partial charge in [0.15, 0.2) is 0 Å². The minimum Gasteiger partial charge on any atom is -0.331 e. The van der Waals surface area contributed by atoms with Gasteiger partial charge in [-0.3, -0.25) is 4.79 Å². The minimum absolute atomic E-state index is 0.0163. The van der Waals surface area contributed by atoms with E-state index in [1.165, 1.54) is 0 Å². The summed E-state index contributed by atoms with van der Waals surface area (Å²) in [5.74, 6) is -1.74. The molecule has 1 heterocycles. The molecule has 1 saturated heterocycles. The fourth-order valence-electron chi connectivity index (χ4n) is 2.01. The van der Waals surface area contributed by atoms with E-state index in [9.17, 15) is 18.0 Å². The van der Waals surface area contributed by atoms with Crippen molar-refractivity contribution in [3.8, 4) is 0 Å². The molecular formula is C11H19F3N2O. The molecule has 0 bridgehead atoms. The Kier molecular flexibility index (Phi) is 4.80. The van der Waals surface area contributed by atoms with E-state index in [4.69, 9.17) is 0 Å². The van der Waals surface area contributed by atoms with Crippen LogP contribution in [0.25, 0.3) is 0 Å². The van der Waals surface area contributed by atoms with Gasteiger partial charge in [0.1, 0.15) is 0 Å². The van der Waals surface area contributed by atoms with Gasteiger partial charge < -0.3 is 10.2 Å². The molecule has 1 aliphatic heterocycles. The van der Waals surface area contributed by atoms with E-state index in [0.29, 0.717) is 0 Å². The first kappa shape index (κ1) is 14.3. The number of rotatable bonds is 3. The molecule has 3 nitrogen and oxygen atoms in total. The number of halogens is 3. The summed E-state index contributed by atoms with van der Waals surface area (Å²) in [6.45, 7) is 4.16. The van der Waals surface area contributed by atoms with Gasteiger partial charge in [-0.2, -0.15) is 13.2 Å². The Hall–Kier alpha value is -0.780. The van der Waals surface area contributed by atoms with Gasteiger partial charge in [0.05, 0.1) is 0 Å². The molecular weight excluding hydrogens is 233 g/mol. The van der Waals surface area contributed by atoms with Crippen LogP contribution in [0, 0.1) is 0 Å². The maximum absolute atomic E-state index is 12.4. The van der Waals surface area contributed by atoms with Crippen molar-refractivity contribution >= 4 is 5.91 Å². The monoisotopic (exact) mass is 252 g/mol. The molecule has 6 heteroatoms. The molecule has 0 aromatic rings. The average molecular weight is 252 g/mol. The highest BCUT2D eigenvalue weighted by molar-refractivity contribution is 5.82. The number of alkyl halides is 3. The molecule has 1 atom stereocenters. The Morgan fingerprint density at radius 3 is 2.47 bits per heavy atom. The predicted octanol–water partition coefficient (Wildman–Crippen LogP) is 1.93. The molecule has 1 rings (SSSR count). The molecule has 0 aromatic carbocycles. The highest BCUT2D eigenvalue weighted by atomic mass is 19.4. The van der Waals surface area contributed by atoms with Crippen LogP contribution in [0.1, 0.15) is 33.1 Å². The lowest BCUT2D eigenvalue weighted by atomic mass is 10.0. The number of nitrogens with one attached hydrogen (secondary N) is 1. The number of nitrogens with zero attached hydrogens (tertiary/aromatic N) is 1. The lowest BCUT2D eigenvalue weighted by Gasteiger charge is -2.33. The van der Waals surface area contributed by atoms with E-state index in [2.05, 4.69) is 5.32 Å². The van der Waals surface area contributed by atoms with E-state index >= 15 is 0 Å². The quantitative estimate of drug-likeness (QED) is 0.832. The van der Waals surface area contributed by atoms with Crippen LogP contribution in [0.5, 0.6) is 0 Å². The van der Waals surface area contributed by atoms with E-state index in [1.807, 2.05) is 0 Å². The molecule has 100 valence electrons. The number of carbonyl (C=O) groups is 1. The second-order valence-corrected chi connectivity index (χ2v) is 4.70. The summed E-state index contributed by atoms with van der Waals surface area (Å²) in [4.78, 5) is 12.2. The van der Waals surface area contributed by atoms with Gasteiger partial charge in [0.2, 0.25) is 0 Å². The van der Waals surface area contributed by atoms with Crippen LogP contribution in [0.2, 0.25) is 0 Å². The molecule has 0 aliphatic carbocycles. The molecule has 17 heavy (non-hydrogen) atoms. The third kappa shape index (κ3) is 4.18. The summed E-state index contributed by atoms with van der Waals surface area (Å²) in [6.07, 6.45) is -1.90. The first-order valence-corrected chi connectivity index (χ1v) is 5.93. The number of piperidine rings is 1. The fourth-order valence-corrected chi connectivity index (χ4v) is 2.01. The summed E-state index contributed by atoms with van der Waals surface area (Å²) >= 11 is 0. The lowest BCUT2D eigenvalue weighted by molar-refractivity contribution is -0.187. The van der Waals surface area contributed by atoms with Crippen LogP contribution >= 0.6 is 0 Å². The van der Waals surface area contributed by atoms with E-state index in [1.54, 1.807) is 13.8 Å². The van der Waals surface area contributed by atoms with Gasteiger partial charge in [0, 0.05) is 18.6 Å². The third-order valence-corrected chi connectivity index (χ3v) is 2.96. The fraction of sp³-hybridized carbons (Fsp3) is 0.909. The van der Waals surface area contributed by atoms with Crippen LogP contribution < -0.4 is 5.32 Å². The maximum atomic E-state index is 12.4. The largest absolute Gasteiger partial charge is 0.471 e.